The first-order valence-corrected chi connectivity index (χ1v) is 6.99. The molecule has 0 aromatic carbocycles. The summed E-state index contributed by atoms with van der Waals surface area (Å²) in [6.45, 7) is 6.14. The Morgan fingerprint density at radius 2 is 2.20 bits per heavy atom. The largest absolute Gasteiger partial charge is 0.395 e. The van der Waals surface area contributed by atoms with Gasteiger partial charge in [-0.3, -0.25) is 9.48 Å². The Kier molecular flexibility index (Phi) is 4.08. The minimum Gasteiger partial charge on any atom is -0.395 e. The number of rotatable bonds is 3. The van der Waals surface area contributed by atoms with E-state index in [-0.39, 0.29) is 5.91 Å². The van der Waals surface area contributed by atoms with E-state index < -0.39 is 0 Å². The topological polar surface area (TPSA) is 85.8 Å². The molecule has 0 atom stereocenters. The molecule has 20 heavy (non-hydrogen) atoms. The molecule has 0 saturated carbocycles. The van der Waals surface area contributed by atoms with Gasteiger partial charge in [0.1, 0.15) is 11.5 Å². The number of carbonyl (C=O) groups excluding carboxylic acids is 1. The van der Waals surface area contributed by atoms with Gasteiger partial charge in [0.15, 0.2) is 0 Å². The number of hydrogen-bond donors (Lipinski definition) is 2. The molecule has 2 rings (SSSR count). The van der Waals surface area contributed by atoms with Crippen LogP contribution in [0.4, 0.5) is 11.5 Å². The number of nitrogens with one attached hydrogen (secondary N) is 1. The number of nitrogens with zero attached hydrogens (tertiary/aromatic N) is 3. The Labute approximate surface area is 125 Å². The van der Waals surface area contributed by atoms with E-state index in [1.807, 2.05) is 19.9 Å². The number of hydrogen-bond acceptors (Lipinski definition) is 4. The lowest BCUT2D eigenvalue weighted by Gasteiger charge is -2.09. The van der Waals surface area contributed by atoms with Crippen LogP contribution in [-0.4, -0.2) is 20.7 Å². The monoisotopic (exact) mass is 337 g/mol. The highest BCUT2D eigenvalue weighted by molar-refractivity contribution is 9.10. The smallest absolute Gasteiger partial charge is 0.277 e. The number of nitrogen functional groups attached to an aromatic ring is 1. The van der Waals surface area contributed by atoms with Crippen molar-refractivity contribution in [2.24, 2.45) is 0 Å². The summed E-state index contributed by atoms with van der Waals surface area (Å²) in [5.41, 5.74) is 8.21. The van der Waals surface area contributed by atoms with Crippen LogP contribution in [0.2, 0.25) is 0 Å². The summed E-state index contributed by atoms with van der Waals surface area (Å²) in [5.74, 6) is 0.210. The molecule has 0 radical (unpaired) electrons. The second-order valence-electron chi connectivity index (χ2n) is 4.44. The molecule has 6 nitrogen and oxygen atoms in total. The Balaban J connectivity index is 2.33. The van der Waals surface area contributed by atoms with Crippen LogP contribution in [0, 0.1) is 13.8 Å². The Bertz CT molecular complexity index is 665. The van der Waals surface area contributed by atoms with E-state index in [4.69, 9.17) is 5.73 Å². The van der Waals surface area contributed by atoms with E-state index in [1.165, 1.54) is 0 Å². The lowest BCUT2D eigenvalue weighted by molar-refractivity contribution is 0.101. The van der Waals surface area contributed by atoms with Gasteiger partial charge in [-0.25, -0.2) is 4.98 Å². The van der Waals surface area contributed by atoms with Crippen LogP contribution >= 0.6 is 15.9 Å². The summed E-state index contributed by atoms with van der Waals surface area (Å²) < 4.78 is 2.45. The van der Waals surface area contributed by atoms with E-state index >= 15 is 0 Å². The van der Waals surface area contributed by atoms with Crippen molar-refractivity contribution in [2.75, 3.05) is 11.1 Å². The van der Waals surface area contributed by atoms with Crippen molar-refractivity contribution in [3.8, 4) is 0 Å². The lowest BCUT2D eigenvalue weighted by Crippen LogP contribution is -2.20. The molecule has 0 aliphatic rings. The van der Waals surface area contributed by atoms with Crippen LogP contribution in [0.5, 0.6) is 0 Å². The second kappa shape index (κ2) is 5.62. The van der Waals surface area contributed by atoms with Crippen molar-refractivity contribution < 1.29 is 4.79 Å². The SMILES string of the molecule is CCn1nc(C)c(N)c1C(=O)Nc1ncc(Br)cc1C. The number of pyridine rings is 1. The van der Waals surface area contributed by atoms with E-state index in [9.17, 15) is 4.79 Å². The van der Waals surface area contributed by atoms with E-state index in [2.05, 4.69) is 31.3 Å². The Morgan fingerprint density at radius 1 is 1.50 bits per heavy atom. The molecule has 0 bridgehead atoms. The molecule has 0 aliphatic heterocycles. The van der Waals surface area contributed by atoms with E-state index in [0.29, 0.717) is 29.4 Å². The van der Waals surface area contributed by atoms with Crippen LogP contribution in [0.1, 0.15) is 28.7 Å². The fraction of sp³-hybridized carbons (Fsp3) is 0.308. The lowest BCUT2D eigenvalue weighted by atomic mass is 10.2. The van der Waals surface area contributed by atoms with Crippen molar-refractivity contribution >= 4 is 33.3 Å². The van der Waals surface area contributed by atoms with Gasteiger partial charge in [0.05, 0.1) is 11.4 Å². The maximum atomic E-state index is 12.4. The summed E-state index contributed by atoms with van der Waals surface area (Å²) in [7, 11) is 0. The van der Waals surface area contributed by atoms with Crippen molar-refractivity contribution in [1.82, 2.24) is 14.8 Å². The summed E-state index contributed by atoms with van der Waals surface area (Å²) in [6.07, 6.45) is 1.63. The van der Waals surface area contributed by atoms with Crippen LogP contribution in [-0.2, 0) is 6.54 Å². The number of aryl methyl sites for hydroxylation is 3. The fourth-order valence-electron chi connectivity index (χ4n) is 1.90. The Hall–Kier alpha value is -1.89. The maximum absolute atomic E-state index is 12.4. The summed E-state index contributed by atoms with van der Waals surface area (Å²) in [5, 5.41) is 7.00. The molecule has 2 heterocycles. The van der Waals surface area contributed by atoms with Gasteiger partial charge in [-0.15, -0.1) is 0 Å². The molecule has 0 saturated heterocycles. The fourth-order valence-corrected chi connectivity index (χ4v) is 2.35. The highest BCUT2D eigenvalue weighted by atomic mass is 79.9. The molecule has 0 aliphatic carbocycles. The van der Waals surface area contributed by atoms with Crippen LogP contribution in [0.3, 0.4) is 0 Å². The van der Waals surface area contributed by atoms with Crippen molar-refractivity contribution in [3.05, 3.63) is 33.7 Å². The van der Waals surface area contributed by atoms with Gasteiger partial charge in [0.2, 0.25) is 0 Å². The zero-order valence-corrected chi connectivity index (χ0v) is 13.2. The van der Waals surface area contributed by atoms with Gasteiger partial charge in [-0.2, -0.15) is 5.10 Å². The average molecular weight is 338 g/mol. The molecule has 0 fully saturated rings. The van der Waals surface area contributed by atoms with Crippen molar-refractivity contribution in [1.29, 1.82) is 0 Å². The quantitative estimate of drug-likeness (QED) is 0.900. The predicted molar refractivity (Wildman–Crippen MR) is 81.7 cm³/mol. The van der Waals surface area contributed by atoms with Gasteiger partial charge < -0.3 is 11.1 Å². The molecule has 1 amide bonds. The average Bonchev–Trinajstić information content (AvgIpc) is 2.68. The second-order valence-corrected chi connectivity index (χ2v) is 5.35. The van der Waals surface area contributed by atoms with Gasteiger partial charge in [-0.1, -0.05) is 0 Å². The normalized spacial score (nSPS) is 10.6. The molecule has 0 unspecified atom stereocenters. The minimum absolute atomic E-state index is 0.303. The number of anilines is 2. The molecule has 2 aromatic rings. The molecule has 106 valence electrons. The van der Waals surface area contributed by atoms with Gasteiger partial charge >= 0.3 is 0 Å². The summed E-state index contributed by atoms with van der Waals surface area (Å²) in [6, 6.07) is 1.88. The van der Waals surface area contributed by atoms with Gasteiger partial charge in [0, 0.05) is 17.2 Å². The molecule has 0 spiro atoms. The predicted octanol–water partition coefficient (Wildman–Crippen LogP) is 2.51. The van der Waals surface area contributed by atoms with Crippen molar-refractivity contribution in [3.63, 3.8) is 0 Å². The third-order valence-electron chi connectivity index (χ3n) is 2.97. The van der Waals surface area contributed by atoms with Gasteiger partial charge in [0.25, 0.3) is 5.91 Å². The highest BCUT2D eigenvalue weighted by Crippen LogP contribution is 2.20. The molecular weight excluding hydrogens is 322 g/mol. The zero-order chi connectivity index (χ0) is 14.9. The number of carbonyl (C=O) groups is 1. The number of aromatic nitrogens is 3. The zero-order valence-electron chi connectivity index (χ0n) is 11.6. The molecule has 3 N–H and O–H groups in total. The molecular formula is C13H16BrN5O. The third kappa shape index (κ3) is 2.67. The third-order valence-corrected chi connectivity index (χ3v) is 3.40. The van der Waals surface area contributed by atoms with Crippen molar-refractivity contribution in [2.45, 2.75) is 27.3 Å². The summed E-state index contributed by atoms with van der Waals surface area (Å²) in [4.78, 5) is 16.5. The van der Waals surface area contributed by atoms with E-state index in [1.54, 1.807) is 17.8 Å². The first kappa shape index (κ1) is 14.5. The molecule has 2 aromatic heterocycles. The molecule has 7 heteroatoms. The highest BCUT2D eigenvalue weighted by Gasteiger charge is 2.20. The maximum Gasteiger partial charge on any atom is 0.277 e. The minimum atomic E-state index is -0.303. The van der Waals surface area contributed by atoms with Crippen LogP contribution < -0.4 is 11.1 Å². The number of halogens is 1. The van der Waals surface area contributed by atoms with Gasteiger partial charge in [-0.05, 0) is 48.3 Å². The first-order valence-electron chi connectivity index (χ1n) is 6.20. The van der Waals surface area contributed by atoms with E-state index in [0.717, 1.165) is 10.0 Å². The Morgan fingerprint density at radius 3 is 2.80 bits per heavy atom. The number of amides is 1. The van der Waals surface area contributed by atoms with Crippen LogP contribution in [0.15, 0.2) is 16.7 Å². The summed E-state index contributed by atoms with van der Waals surface area (Å²) >= 11 is 3.34. The van der Waals surface area contributed by atoms with Crippen LogP contribution in [0.25, 0.3) is 0 Å². The first-order chi connectivity index (χ1) is 9.43. The number of nitrogens with two attached hydrogens (primary N) is 1. The standard InChI is InChI=1S/C13H16BrN5O/c1-4-19-11(10(15)8(3)18-19)13(20)17-12-7(2)5-9(14)6-16-12/h5-6H,4,15H2,1-3H3,(H,16,17,20).